The molecule has 0 saturated heterocycles. The summed E-state index contributed by atoms with van der Waals surface area (Å²) in [5.74, 6) is 0.348. The van der Waals surface area contributed by atoms with Crippen molar-refractivity contribution in [3.8, 4) is 11.1 Å². The lowest BCUT2D eigenvalue weighted by atomic mass is 9.99. The van der Waals surface area contributed by atoms with Crippen LogP contribution in [0.1, 0.15) is 26.3 Å². The lowest BCUT2D eigenvalue weighted by Gasteiger charge is -2.25. The number of halogens is 1. The van der Waals surface area contributed by atoms with Crippen LogP contribution in [0.15, 0.2) is 36.8 Å². The van der Waals surface area contributed by atoms with E-state index in [1.807, 2.05) is 6.07 Å². The summed E-state index contributed by atoms with van der Waals surface area (Å²) in [6.07, 6.45) is 2.00. The fraction of sp³-hybridized carbons (Fsp3) is 0.238. The van der Waals surface area contributed by atoms with Gasteiger partial charge in [0.1, 0.15) is 11.4 Å². The fourth-order valence-corrected chi connectivity index (χ4v) is 3.28. The molecule has 0 aliphatic carbocycles. The highest BCUT2D eigenvalue weighted by Crippen LogP contribution is 2.35. The van der Waals surface area contributed by atoms with Crippen LogP contribution in [-0.4, -0.2) is 32.9 Å². The number of hydrogen-bond donors (Lipinski definition) is 2. The van der Waals surface area contributed by atoms with Gasteiger partial charge in [0.2, 0.25) is 0 Å². The van der Waals surface area contributed by atoms with Gasteiger partial charge in [0, 0.05) is 23.3 Å². The minimum atomic E-state index is -1.47. The molecule has 2 heterocycles. The van der Waals surface area contributed by atoms with Gasteiger partial charge in [0.25, 0.3) is 0 Å². The lowest BCUT2D eigenvalue weighted by molar-refractivity contribution is 0.0581. The number of carbonyl (C=O) groups is 2. The van der Waals surface area contributed by atoms with Gasteiger partial charge in [0.15, 0.2) is 0 Å². The number of carboxylic acid groups (broad SMARTS) is 1. The van der Waals surface area contributed by atoms with E-state index in [1.54, 1.807) is 52.2 Å². The quantitative estimate of drug-likeness (QED) is 0.571. The normalized spacial score (nSPS) is 11.4. The van der Waals surface area contributed by atoms with E-state index in [1.165, 1.54) is 6.20 Å². The second-order valence-electron chi connectivity index (χ2n) is 7.72. The zero-order chi connectivity index (χ0) is 22.2. The minimum absolute atomic E-state index is 0.0970. The van der Waals surface area contributed by atoms with Crippen LogP contribution in [0.5, 0.6) is 0 Å². The van der Waals surface area contributed by atoms with Gasteiger partial charge in [-0.05, 0) is 62.4 Å². The molecule has 0 aliphatic heterocycles. The van der Waals surface area contributed by atoms with E-state index >= 15 is 0 Å². The highest BCUT2D eigenvalue weighted by atomic mass is 35.5. The first kappa shape index (κ1) is 21.3. The monoisotopic (exact) mass is 428 g/mol. The molecule has 0 unspecified atom stereocenters. The number of anilines is 2. The molecule has 2 aromatic heterocycles. The van der Waals surface area contributed by atoms with Gasteiger partial charge in [-0.15, -0.1) is 0 Å². The Hall–Kier alpha value is -3.39. The largest absolute Gasteiger partial charge is 0.464 e. The third kappa shape index (κ3) is 4.28. The van der Waals surface area contributed by atoms with Crippen molar-refractivity contribution in [2.45, 2.75) is 33.3 Å². The molecule has 0 fully saturated rings. The predicted octanol–water partition coefficient (Wildman–Crippen LogP) is 5.26. The predicted molar refractivity (Wildman–Crippen MR) is 116 cm³/mol. The standard InChI is InChI=1S/C21H21ClN4O4/c1-11-14(12-5-13-7-18(23)25-9-15(13)16(22)6-12)8-24-10-17(11)26(19(27)28)20(29)30-21(2,3)4/h5-10H,1-4H3,(H2,23,25)(H,27,28). The topological polar surface area (TPSA) is 119 Å². The van der Waals surface area contributed by atoms with E-state index < -0.39 is 17.8 Å². The first-order valence-electron chi connectivity index (χ1n) is 9.03. The molecule has 0 spiro atoms. The third-order valence-electron chi connectivity index (χ3n) is 4.32. The molecule has 8 nitrogen and oxygen atoms in total. The Morgan fingerprint density at radius 2 is 1.87 bits per heavy atom. The maximum atomic E-state index is 12.5. The van der Waals surface area contributed by atoms with Crippen molar-refractivity contribution in [1.29, 1.82) is 0 Å². The number of nitrogens with two attached hydrogens (primary N) is 1. The van der Waals surface area contributed by atoms with Gasteiger partial charge < -0.3 is 15.6 Å². The van der Waals surface area contributed by atoms with Gasteiger partial charge in [-0.3, -0.25) is 4.98 Å². The Morgan fingerprint density at radius 3 is 2.50 bits per heavy atom. The molecular formula is C21H21ClN4O4. The second-order valence-corrected chi connectivity index (χ2v) is 8.13. The average molecular weight is 429 g/mol. The highest BCUT2D eigenvalue weighted by Gasteiger charge is 2.30. The van der Waals surface area contributed by atoms with E-state index in [-0.39, 0.29) is 5.69 Å². The smallest absolute Gasteiger partial charge is 0.424 e. The second kappa shape index (κ2) is 7.79. The summed E-state index contributed by atoms with van der Waals surface area (Å²) in [6, 6.07) is 5.28. The summed E-state index contributed by atoms with van der Waals surface area (Å²) in [4.78, 5) is 33.1. The molecule has 3 aromatic rings. The number of carbonyl (C=O) groups excluding carboxylic acids is 1. The van der Waals surface area contributed by atoms with Gasteiger partial charge in [-0.25, -0.2) is 14.6 Å². The van der Waals surface area contributed by atoms with Crippen molar-refractivity contribution in [2.24, 2.45) is 0 Å². The van der Waals surface area contributed by atoms with Crippen LogP contribution in [0.4, 0.5) is 21.1 Å². The first-order valence-corrected chi connectivity index (χ1v) is 9.41. The van der Waals surface area contributed by atoms with Gasteiger partial charge in [-0.1, -0.05) is 11.6 Å². The highest BCUT2D eigenvalue weighted by molar-refractivity contribution is 6.36. The zero-order valence-electron chi connectivity index (χ0n) is 16.9. The molecular weight excluding hydrogens is 408 g/mol. The number of nitrogen functional groups attached to an aromatic ring is 1. The van der Waals surface area contributed by atoms with Crippen molar-refractivity contribution in [3.05, 3.63) is 47.4 Å². The molecule has 9 heteroatoms. The molecule has 0 radical (unpaired) electrons. The van der Waals surface area contributed by atoms with Crippen molar-refractivity contribution < 1.29 is 19.4 Å². The molecule has 3 rings (SSSR count). The van der Waals surface area contributed by atoms with E-state index in [0.29, 0.717) is 32.4 Å². The molecule has 30 heavy (non-hydrogen) atoms. The van der Waals surface area contributed by atoms with E-state index in [2.05, 4.69) is 9.97 Å². The summed E-state index contributed by atoms with van der Waals surface area (Å²) in [6.45, 7) is 6.67. The van der Waals surface area contributed by atoms with Crippen LogP contribution in [0.25, 0.3) is 21.9 Å². The van der Waals surface area contributed by atoms with Crippen LogP contribution in [0.2, 0.25) is 5.02 Å². The molecule has 156 valence electrons. The van der Waals surface area contributed by atoms with Crippen LogP contribution < -0.4 is 10.6 Å². The number of hydrogen-bond acceptors (Lipinski definition) is 6. The van der Waals surface area contributed by atoms with Crippen molar-refractivity contribution in [1.82, 2.24) is 9.97 Å². The van der Waals surface area contributed by atoms with Crippen LogP contribution in [0, 0.1) is 6.92 Å². The number of rotatable bonds is 2. The molecule has 3 N–H and O–H groups in total. The number of imide groups is 1. The van der Waals surface area contributed by atoms with Crippen LogP contribution >= 0.6 is 11.6 Å². The Bertz CT molecular complexity index is 1160. The number of fused-ring (bicyclic) bond motifs is 1. The minimum Gasteiger partial charge on any atom is -0.464 e. The third-order valence-corrected chi connectivity index (χ3v) is 4.63. The Morgan fingerprint density at radius 1 is 1.17 bits per heavy atom. The molecule has 0 atom stereocenters. The maximum Gasteiger partial charge on any atom is 0.424 e. The molecule has 0 bridgehead atoms. The fourth-order valence-electron chi connectivity index (χ4n) is 3.00. The van der Waals surface area contributed by atoms with Crippen molar-refractivity contribution in [2.75, 3.05) is 10.6 Å². The number of aromatic nitrogens is 2. The number of nitrogens with zero attached hydrogens (tertiary/aromatic N) is 3. The Kier molecular flexibility index (Phi) is 5.54. The summed E-state index contributed by atoms with van der Waals surface area (Å²) >= 11 is 6.41. The Balaban J connectivity index is 2.14. The number of ether oxygens (including phenoxy) is 1. The molecule has 0 aliphatic rings. The summed E-state index contributed by atoms with van der Waals surface area (Å²) in [7, 11) is 0. The molecule has 2 amide bonds. The number of pyridine rings is 2. The molecule has 0 saturated carbocycles. The van der Waals surface area contributed by atoms with E-state index in [0.717, 1.165) is 10.8 Å². The van der Waals surface area contributed by atoms with Crippen LogP contribution in [-0.2, 0) is 4.74 Å². The van der Waals surface area contributed by atoms with E-state index in [4.69, 9.17) is 22.1 Å². The number of benzene rings is 1. The number of amides is 2. The van der Waals surface area contributed by atoms with Crippen LogP contribution in [0.3, 0.4) is 0 Å². The molecule has 1 aromatic carbocycles. The van der Waals surface area contributed by atoms with E-state index in [9.17, 15) is 14.7 Å². The zero-order valence-corrected chi connectivity index (χ0v) is 17.7. The average Bonchev–Trinajstić information content (AvgIpc) is 2.61. The maximum absolute atomic E-state index is 12.5. The van der Waals surface area contributed by atoms with Gasteiger partial charge in [0.05, 0.1) is 16.9 Å². The van der Waals surface area contributed by atoms with Crippen molar-refractivity contribution in [3.63, 3.8) is 0 Å². The first-order chi connectivity index (χ1) is 14.0. The Labute approximate surface area is 178 Å². The summed E-state index contributed by atoms with van der Waals surface area (Å²) < 4.78 is 5.24. The lowest BCUT2D eigenvalue weighted by Crippen LogP contribution is -2.40. The van der Waals surface area contributed by atoms with Gasteiger partial charge >= 0.3 is 12.2 Å². The SMILES string of the molecule is Cc1c(-c2cc(Cl)c3cnc(N)cc3c2)cncc1N(C(=O)O)C(=O)OC(C)(C)C. The van der Waals surface area contributed by atoms with Crippen molar-refractivity contribution >= 4 is 46.1 Å². The summed E-state index contributed by atoms with van der Waals surface area (Å²) in [5, 5.41) is 11.6. The van der Waals surface area contributed by atoms with Gasteiger partial charge in [-0.2, -0.15) is 4.90 Å². The summed E-state index contributed by atoms with van der Waals surface area (Å²) in [5.41, 5.74) is 6.85.